The maximum absolute atomic E-state index is 13.6. The average Bonchev–Trinajstić information content (AvgIpc) is 1.68. The van der Waals surface area contributed by atoms with Crippen LogP contribution in [0.2, 0.25) is 39.3 Å². The number of methoxy groups -OCH3 is 3. The zero-order chi connectivity index (χ0) is 70.1. The highest BCUT2D eigenvalue weighted by Gasteiger charge is 2.43. The molecule has 3 aliphatic rings. The number of carbonyl (C=O) groups is 6. The fraction of sp³-hybridized carbons (Fsp3) is 0.522. The summed E-state index contributed by atoms with van der Waals surface area (Å²) in [5.74, 6) is 20.9. The monoisotopic (exact) mass is 1440 g/mol. The van der Waals surface area contributed by atoms with Crippen LogP contribution in [0.4, 0.5) is 14.4 Å². The number of hydrogen-bond acceptors (Lipinski definition) is 14. The first-order chi connectivity index (χ1) is 44.8. The number of imidazole rings is 3. The van der Waals surface area contributed by atoms with Gasteiger partial charge in [0.1, 0.15) is 74.5 Å². The largest absolute Gasteiger partial charge is 0.453 e. The van der Waals surface area contributed by atoms with Crippen molar-refractivity contribution in [2.45, 2.75) is 157 Å². The number of carbonyl (C=O) groups excluding carboxylic acids is 6. The summed E-state index contributed by atoms with van der Waals surface area (Å²) in [5.41, 5.74) is 10.9. The minimum absolute atomic E-state index is 0.0325. The van der Waals surface area contributed by atoms with Crippen LogP contribution in [0.1, 0.15) is 151 Å². The lowest BCUT2D eigenvalue weighted by Crippen LogP contribution is -2.51. The molecule has 9 atom stereocenters. The van der Waals surface area contributed by atoms with Gasteiger partial charge < -0.3 is 59.8 Å². The molecule has 8 rings (SSSR count). The molecule has 508 valence electrons. The fourth-order valence-electron chi connectivity index (χ4n) is 10.8. The van der Waals surface area contributed by atoms with Crippen LogP contribution in [-0.2, 0) is 28.6 Å². The van der Waals surface area contributed by atoms with E-state index in [9.17, 15) is 28.8 Å². The molecule has 0 bridgehead atoms. The second-order valence-corrected chi connectivity index (χ2v) is 38.1. The lowest BCUT2D eigenvalue weighted by atomic mass is 10.0. The van der Waals surface area contributed by atoms with Gasteiger partial charge in [0.15, 0.2) is 0 Å². The molecule has 0 saturated carbocycles. The van der Waals surface area contributed by atoms with Crippen molar-refractivity contribution >= 4 is 74.7 Å². The minimum atomic E-state index is -1.32. The average molecular weight is 1450 g/mol. The van der Waals surface area contributed by atoms with Gasteiger partial charge >= 0.3 is 18.3 Å². The molecule has 95 heavy (non-hydrogen) atoms. The number of halogens is 1. The molecular weight excluding hydrogens is 1350 g/mol. The molecule has 5 aromatic rings. The molecule has 6 amide bonds. The van der Waals surface area contributed by atoms with Crippen molar-refractivity contribution in [1.82, 2.24) is 70.5 Å². The number of pyridine rings is 2. The first-order valence-electron chi connectivity index (χ1n) is 32.0. The first kappa shape index (κ1) is 75.6. The van der Waals surface area contributed by atoms with Crippen LogP contribution in [0.5, 0.6) is 0 Å². The third-order valence-electron chi connectivity index (χ3n) is 15.6. The zero-order valence-corrected chi connectivity index (χ0v) is 62.2. The summed E-state index contributed by atoms with van der Waals surface area (Å²) in [4.78, 5) is 113. The quantitative estimate of drug-likeness (QED) is 0.0293. The zero-order valence-electron chi connectivity index (χ0n) is 58.0. The van der Waals surface area contributed by atoms with Crippen LogP contribution in [-0.4, -0.2) is 166 Å². The summed E-state index contributed by atoms with van der Waals surface area (Å²) in [6.07, 6.45) is 8.95. The number of alkyl carbamates (subject to hydrolysis) is 3. The Bertz CT molecular complexity index is 3540. The Morgan fingerprint density at radius 3 is 1.14 bits per heavy atom. The summed E-state index contributed by atoms with van der Waals surface area (Å²) >= 11 is 2.17. The third kappa shape index (κ3) is 22.6. The molecule has 0 aromatic carbocycles. The Morgan fingerprint density at radius 1 is 0.474 bits per heavy atom. The van der Waals surface area contributed by atoms with Crippen LogP contribution in [0, 0.1) is 85.8 Å². The van der Waals surface area contributed by atoms with Crippen molar-refractivity contribution in [3.05, 3.63) is 110 Å². The molecule has 5 aromatic heterocycles. The van der Waals surface area contributed by atoms with Crippen LogP contribution in [0.15, 0.2) is 55.2 Å². The van der Waals surface area contributed by atoms with E-state index in [0.717, 1.165) is 40.0 Å². The van der Waals surface area contributed by atoms with E-state index in [1.165, 1.54) is 21.3 Å². The van der Waals surface area contributed by atoms with Gasteiger partial charge in [-0.25, -0.2) is 39.3 Å². The number of likely N-dealkylation sites (tertiary alicyclic amines) is 3. The number of hydrogen-bond donors (Lipinski definition) is 6. The molecule has 3 saturated heterocycles. The number of amides is 6. The van der Waals surface area contributed by atoms with Gasteiger partial charge in [0.05, 0.1) is 61.7 Å². The van der Waals surface area contributed by atoms with Crippen LogP contribution in [0.25, 0.3) is 0 Å². The molecule has 0 spiro atoms. The van der Waals surface area contributed by atoms with Gasteiger partial charge in [0.2, 0.25) is 17.7 Å². The highest BCUT2D eigenvalue weighted by molar-refractivity contribution is 14.1. The first-order valence-corrected chi connectivity index (χ1v) is 40.1. The molecule has 3 fully saturated rings. The van der Waals surface area contributed by atoms with E-state index in [2.05, 4.69) is 190 Å². The molecular formula is C69H93IN14O9Si2. The van der Waals surface area contributed by atoms with E-state index in [1.807, 2.05) is 70.8 Å². The number of aromatic amines is 3. The highest BCUT2D eigenvalue weighted by atomic mass is 127. The number of nitrogens with one attached hydrogen (secondary N) is 6. The normalized spacial score (nSPS) is 19.1. The minimum Gasteiger partial charge on any atom is -0.453 e. The number of aromatic nitrogens is 8. The number of nitrogens with zero attached hydrogens (tertiary/aromatic N) is 8. The van der Waals surface area contributed by atoms with Gasteiger partial charge in [-0.2, -0.15) is 0 Å². The second kappa shape index (κ2) is 34.3. The lowest BCUT2D eigenvalue weighted by molar-refractivity contribution is -0.136. The van der Waals surface area contributed by atoms with E-state index < -0.39 is 52.6 Å². The van der Waals surface area contributed by atoms with Crippen LogP contribution < -0.4 is 16.0 Å². The van der Waals surface area contributed by atoms with Crippen molar-refractivity contribution in [1.29, 1.82) is 0 Å². The summed E-state index contributed by atoms with van der Waals surface area (Å²) in [7, 11) is 1.22. The molecule has 23 nitrogen and oxygen atoms in total. The smallest absolute Gasteiger partial charge is 0.407 e. The van der Waals surface area contributed by atoms with E-state index in [1.54, 1.807) is 40.7 Å². The third-order valence-corrected chi connectivity index (χ3v) is 17.9. The number of ether oxygens (including phenoxy) is 3. The Hall–Kier alpha value is -8.45. The SMILES string of the molecule is COC(=O)N[C@H](C(=O)N1C[C@@H](C)C[C@H]1c1ncc(C#Cc2ccc(C#Cc3cnc([C@@H]4C[C@H](C)CN4C(=O)[C@@H](NC(=O)OC)C(C)C)[nH]3)nc2)[nH]1)C(C)C.COC(=O)N[C@H](C(=O)N1C[C@@H](C)C[C@H]1c1ncc(I)[nH]1)C(C)C.C[Si](C)(C)C#Cc1ccc(C#C[Si](C)(C)C)nc1. The van der Waals surface area contributed by atoms with Crippen molar-refractivity contribution in [3.63, 3.8) is 0 Å². The Morgan fingerprint density at radius 2 is 0.811 bits per heavy atom. The maximum atomic E-state index is 13.6. The van der Waals surface area contributed by atoms with Gasteiger partial charge in [0, 0.05) is 43.2 Å². The molecule has 0 radical (unpaired) electrons. The lowest BCUT2D eigenvalue weighted by Gasteiger charge is -2.30. The topological polar surface area (TPSA) is 288 Å². The number of rotatable bonds is 12. The van der Waals surface area contributed by atoms with Crippen molar-refractivity contribution in [2.24, 2.45) is 35.5 Å². The van der Waals surface area contributed by atoms with E-state index >= 15 is 0 Å². The molecule has 0 aliphatic carbocycles. The molecule has 3 aliphatic heterocycles. The van der Waals surface area contributed by atoms with Gasteiger partial charge in [-0.15, -0.1) is 11.1 Å². The standard InChI is InChI=1S/C39H49N9O6.C15H23IN4O3.C15H21NSi2/c1-22(2)32(45-38(51)53-7)36(49)47-20-24(5)15-30(47)34-41-18-28(43-34)12-10-26-9-11-27(40-17-26)13-14-29-19-42-35(44-29)31-16-25(6)21-48(31)37(50)33(23(3)4)46-39(52)54-8;1-8(2)12(19-15(22)23-4)14(21)20-7-9(3)5-10(20)13-17-6-11(16)18-13;1-17(2,3)11-9-14-7-8-15(16-13-14)10-12-18(4,5)6/h9,11,17-19,22-25,30-33H,15-16,20-21H2,1-8H3,(H,41,43)(H,42,44)(H,45,51)(H,46,52);6,8-10,12H,5,7H2,1-4H3,(H,17,18)(H,19,22);7-8,13H,1-6H3/t24-,25-,30-,31-,32-,33-;9-,10-,12-;/m00./s1. The Kier molecular flexibility index (Phi) is 27.3. The van der Waals surface area contributed by atoms with Crippen LogP contribution >= 0.6 is 22.6 Å². The van der Waals surface area contributed by atoms with Gasteiger partial charge in [-0.3, -0.25) is 14.4 Å². The van der Waals surface area contributed by atoms with Crippen molar-refractivity contribution in [3.8, 4) is 46.6 Å². The number of H-pyrrole nitrogens is 3. The Labute approximate surface area is 575 Å². The van der Waals surface area contributed by atoms with Gasteiger partial charge in [-0.1, -0.05) is 119 Å². The highest BCUT2D eigenvalue weighted by Crippen LogP contribution is 2.37. The second-order valence-electron chi connectivity index (χ2n) is 27.5. The van der Waals surface area contributed by atoms with Gasteiger partial charge in [0.25, 0.3) is 0 Å². The summed E-state index contributed by atoms with van der Waals surface area (Å²) < 4.78 is 15.1. The fourth-order valence-corrected chi connectivity index (χ4v) is 12.2. The van der Waals surface area contributed by atoms with Crippen LogP contribution in [0.3, 0.4) is 0 Å². The summed E-state index contributed by atoms with van der Waals surface area (Å²) in [6.45, 7) is 32.8. The van der Waals surface area contributed by atoms with E-state index in [0.29, 0.717) is 59.8 Å². The Balaban J connectivity index is 0.000000283. The molecule has 26 heteroatoms. The molecule has 0 unspecified atom stereocenters. The molecule has 6 N–H and O–H groups in total. The van der Waals surface area contributed by atoms with E-state index in [4.69, 9.17) is 9.47 Å². The predicted molar refractivity (Wildman–Crippen MR) is 377 cm³/mol. The molecule has 8 heterocycles. The predicted octanol–water partition coefficient (Wildman–Crippen LogP) is 9.75. The summed E-state index contributed by atoms with van der Waals surface area (Å²) in [5, 5.41) is 8.00. The summed E-state index contributed by atoms with van der Waals surface area (Å²) in [6, 6.07) is 4.90. The van der Waals surface area contributed by atoms with Crippen molar-refractivity contribution < 1.29 is 43.0 Å². The van der Waals surface area contributed by atoms with Crippen molar-refractivity contribution in [2.75, 3.05) is 41.0 Å². The maximum Gasteiger partial charge on any atom is 0.407 e. The van der Waals surface area contributed by atoms with E-state index in [-0.39, 0.29) is 65.4 Å². The van der Waals surface area contributed by atoms with Gasteiger partial charge in [-0.05, 0) is 119 Å².